The van der Waals surface area contributed by atoms with E-state index >= 15 is 0 Å². The monoisotopic (exact) mass is 289 g/mol. The van der Waals surface area contributed by atoms with Gasteiger partial charge >= 0.3 is 0 Å². The molecule has 2 aromatic rings. The predicted octanol–water partition coefficient (Wildman–Crippen LogP) is 1.99. The minimum absolute atomic E-state index is 0.0966. The Kier molecular flexibility index (Phi) is 3.57. The van der Waals surface area contributed by atoms with Gasteiger partial charge in [-0.15, -0.1) is 15.3 Å². The molecule has 1 aliphatic rings. The number of aromatic nitrogens is 4. The zero-order chi connectivity index (χ0) is 15.0. The van der Waals surface area contributed by atoms with Crippen LogP contribution in [-0.4, -0.2) is 37.6 Å². The first-order valence-electron chi connectivity index (χ1n) is 7.58. The van der Waals surface area contributed by atoms with Crippen molar-refractivity contribution in [3.05, 3.63) is 18.0 Å². The molecule has 6 nitrogen and oxygen atoms in total. The van der Waals surface area contributed by atoms with Crippen molar-refractivity contribution in [2.45, 2.75) is 51.6 Å². The summed E-state index contributed by atoms with van der Waals surface area (Å²) in [5.41, 5.74) is 0.669. The van der Waals surface area contributed by atoms with E-state index in [9.17, 15) is 5.11 Å². The van der Waals surface area contributed by atoms with Crippen LogP contribution in [0.4, 0.5) is 5.82 Å². The molecule has 0 unspecified atom stereocenters. The molecule has 2 heterocycles. The number of aliphatic hydroxyl groups is 1. The Bertz CT molecular complexity index is 631. The molecule has 0 bridgehead atoms. The summed E-state index contributed by atoms with van der Waals surface area (Å²) in [7, 11) is 0. The SMILES string of the molecule is CC(C)(C)c1nnc2ccc(NC[C@H]3CC[C@@H](O)C3)nn12. The lowest BCUT2D eigenvalue weighted by Gasteiger charge is -2.16. The molecule has 3 rings (SSSR count). The van der Waals surface area contributed by atoms with Crippen LogP contribution < -0.4 is 5.32 Å². The van der Waals surface area contributed by atoms with Gasteiger partial charge in [0.05, 0.1) is 6.10 Å². The molecule has 1 saturated carbocycles. The van der Waals surface area contributed by atoms with Gasteiger partial charge in [0.25, 0.3) is 0 Å². The van der Waals surface area contributed by atoms with E-state index in [2.05, 4.69) is 41.4 Å². The minimum atomic E-state index is -0.127. The van der Waals surface area contributed by atoms with Crippen molar-refractivity contribution < 1.29 is 5.11 Å². The molecule has 0 amide bonds. The van der Waals surface area contributed by atoms with E-state index in [-0.39, 0.29) is 11.5 Å². The van der Waals surface area contributed by atoms with Crippen LogP contribution in [0.3, 0.4) is 0 Å². The van der Waals surface area contributed by atoms with Gasteiger partial charge in [0, 0.05) is 12.0 Å². The van der Waals surface area contributed by atoms with Crippen LogP contribution in [0.2, 0.25) is 0 Å². The Morgan fingerprint density at radius 1 is 1.29 bits per heavy atom. The molecule has 2 N–H and O–H groups in total. The summed E-state index contributed by atoms with van der Waals surface area (Å²) >= 11 is 0. The number of hydrogen-bond acceptors (Lipinski definition) is 5. The quantitative estimate of drug-likeness (QED) is 0.904. The lowest BCUT2D eigenvalue weighted by Crippen LogP contribution is -2.18. The fourth-order valence-electron chi connectivity index (χ4n) is 2.83. The highest BCUT2D eigenvalue weighted by Gasteiger charge is 2.23. The van der Waals surface area contributed by atoms with Crippen molar-refractivity contribution in [1.29, 1.82) is 0 Å². The number of nitrogens with one attached hydrogen (secondary N) is 1. The van der Waals surface area contributed by atoms with Crippen molar-refractivity contribution >= 4 is 11.5 Å². The minimum Gasteiger partial charge on any atom is -0.393 e. The molecular weight excluding hydrogens is 266 g/mol. The second kappa shape index (κ2) is 5.26. The van der Waals surface area contributed by atoms with Crippen LogP contribution in [0.1, 0.15) is 45.9 Å². The van der Waals surface area contributed by atoms with Gasteiger partial charge < -0.3 is 10.4 Å². The Morgan fingerprint density at radius 3 is 2.76 bits per heavy atom. The van der Waals surface area contributed by atoms with E-state index in [0.29, 0.717) is 5.92 Å². The Balaban J connectivity index is 1.77. The van der Waals surface area contributed by atoms with Gasteiger partial charge in [-0.2, -0.15) is 4.52 Å². The fourth-order valence-corrected chi connectivity index (χ4v) is 2.83. The van der Waals surface area contributed by atoms with Crippen LogP contribution in [0.5, 0.6) is 0 Å². The van der Waals surface area contributed by atoms with Crippen molar-refractivity contribution in [2.24, 2.45) is 5.92 Å². The highest BCUT2D eigenvalue weighted by molar-refractivity contribution is 5.44. The summed E-state index contributed by atoms with van der Waals surface area (Å²) in [6.07, 6.45) is 2.75. The molecule has 2 atom stereocenters. The van der Waals surface area contributed by atoms with Crippen LogP contribution in [0.25, 0.3) is 5.65 Å². The van der Waals surface area contributed by atoms with Gasteiger partial charge in [0.15, 0.2) is 11.5 Å². The molecule has 0 aliphatic heterocycles. The number of rotatable bonds is 3. The molecule has 1 fully saturated rings. The van der Waals surface area contributed by atoms with Crippen LogP contribution in [0.15, 0.2) is 12.1 Å². The lowest BCUT2D eigenvalue weighted by atomic mass is 9.96. The maximum atomic E-state index is 9.57. The van der Waals surface area contributed by atoms with Crippen LogP contribution in [-0.2, 0) is 5.41 Å². The van der Waals surface area contributed by atoms with Gasteiger partial charge in [-0.25, -0.2) is 0 Å². The normalized spacial score (nSPS) is 22.9. The van der Waals surface area contributed by atoms with Crippen molar-refractivity contribution in [3.8, 4) is 0 Å². The molecular formula is C15H23N5O. The van der Waals surface area contributed by atoms with E-state index in [0.717, 1.165) is 43.1 Å². The van der Waals surface area contributed by atoms with Crippen molar-refractivity contribution in [2.75, 3.05) is 11.9 Å². The van der Waals surface area contributed by atoms with Gasteiger partial charge in [-0.05, 0) is 37.3 Å². The van der Waals surface area contributed by atoms with E-state index in [1.807, 2.05) is 16.6 Å². The topological polar surface area (TPSA) is 75.3 Å². The molecule has 6 heteroatoms. The maximum absolute atomic E-state index is 9.57. The van der Waals surface area contributed by atoms with Gasteiger partial charge in [0.1, 0.15) is 5.82 Å². The van der Waals surface area contributed by atoms with Crippen molar-refractivity contribution in [3.63, 3.8) is 0 Å². The molecule has 0 radical (unpaired) electrons. The molecule has 1 aliphatic carbocycles. The third kappa shape index (κ3) is 3.00. The number of hydrogen-bond donors (Lipinski definition) is 2. The van der Waals surface area contributed by atoms with E-state index < -0.39 is 0 Å². The first-order chi connectivity index (χ1) is 9.93. The predicted molar refractivity (Wildman–Crippen MR) is 81.3 cm³/mol. The molecule has 0 spiro atoms. The zero-order valence-corrected chi connectivity index (χ0v) is 12.9. The molecule has 2 aromatic heterocycles. The van der Waals surface area contributed by atoms with E-state index in [4.69, 9.17) is 0 Å². The van der Waals surface area contributed by atoms with Gasteiger partial charge in [0.2, 0.25) is 0 Å². The average Bonchev–Trinajstić information content (AvgIpc) is 3.01. The zero-order valence-electron chi connectivity index (χ0n) is 12.9. The number of anilines is 1. The molecule has 21 heavy (non-hydrogen) atoms. The second-order valence-electron chi connectivity index (χ2n) is 6.98. The molecule has 0 saturated heterocycles. The Labute approximate surface area is 124 Å². The van der Waals surface area contributed by atoms with Crippen molar-refractivity contribution in [1.82, 2.24) is 19.8 Å². The summed E-state index contributed by atoms with van der Waals surface area (Å²) < 4.78 is 1.81. The van der Waals surface area contributed by atoms with E-state index in [1.165, 1.54) is 0 Å². The summed E-state index contributed by atoms with van der Waals surface area (Å²) in [5.74, 6) is 2.21. The first-order valence-corrected chi connectivity index (χ1v) is 7.58. The lowest BCUT2D eigenvalue weighted by molar-refractivity contribution is 0.178. The first kappa shape index (κ1) is 14.3. The van der Waals surface area contributed by atoms with Crippen LogP contribution >= 0.6 is 0 Å². The third-order valence-corrected chi connectivity index (χ3v) is 4.02. The molecule has 0 aromatic carbocycles. The summed E-state index contributed by atoms with van der Waals surface area (Å²) in [6, 6.07) is 3.86. The standard InChI is InChI=1S/C15H23N5O/c1-15(2,3)14-18-17-13-7-6-12(19-20(13)14)16-9-10-4-5-11(21)8-10/h6-7,10-11,21H,4-5,8-9H2,1-3H3,(H,16,19)/t10-,11+/m0/s1. The highest BCUT2D eigenvalue weighted by atomic mass is 16.3. The summed E-state index contributed by atoms with van der Waals surface area (Å²) in [6.45, 7) is 7.16. The Hall–Kier alpha value is -1.69. The Morgan fingerprint density at radius 2 is 2.10 bits per heavy atom. The van der Waals surface area contributed by atoms with Crippen LogP contribution in [0, 0.1) is 5.92 Å². The molecule has 114 valence electrons. The number of aliphatic hydroxyl groups excluding tert-OH is 1. The second-order valence-corrected chi connectivity index (χ2v) is 6.98. The number of nitrogens with zero attached hydrogens (tertiary/aromatic N) is 4. The smallest absolute Gasteiger partial charge is 0.178 e. The fraction of sp³-hybridized carbons (Fsp3) is 0.667. The summed E-state index contributed by atoms with van der Waals surface area (Å²) in [5, 5.41) is 25.9. The average molecular weight is 289 g/mol. The van der Waals surface area contributed by atoms with Gasteiger partial charge in [-0.3, -0.25) is 0 Å². The number of fused-ring (bicyclic) bond motifs is 1. The van der Waals surface area contributed by atoms with E-state index in [1.54, 1.807) is 0 Å². The largest absolute Gasteiger partial charge is 0.393 e. The van der Waals surface area contributed by atoms with Gasteiger partial charge in [-0.1, -0.05) is 20.8 Å². The third-order valence-electron chi connectivity index (χ3n) is 4.02. The summed E-state index contributed by atoms with van der Waals surface area (Å²) in [4.78, 5) is 0. The highest BCUT2D eigenvalue weighted by Crippen LogP contribution is 2.25. The maximum Gasteiger partial charge on any atom is 0.178 e.